The van der Waals surface area contributed by atoms with Crippen LogP contribution in [-0.4, -0.2) is 45.2 Å². The number of nitrogens with one attached hydrogen (secondary N) is 3. The minimum Gasteiger partial charge on any atom is -0.369 e. The van der Waals surface area contributed by atoms with Crippen molar-refractivity contribution in [3.05, 3.63) is 0 Å². The maximum absolute atomic E-state index is 12.5. The highest BCUT2D eigenvalue weighted by Gasteiger charge is 2.56. The van der Waals surface area contributed by atoms with Crippen molar-refractivity contribution in [2.24, 2.45) is 28.9 Å². The quantitative estimate of drug-likeness (QED) is 0.542. The van der Waals surface area contributed by atoms with E-state index in [9.17, 15) is 4.79 Å². The van der Waals surface area contributed by atoms with E-state index in [1.165, 1.54) is 0 Å². The standard InChI is InChI=1S/C14H26N4O/c15-13(19)14(10-1-4-16-7-10,11-2-5-17-8-11)12-3-6-18-9-12/h10-12,16-18H,1-9H2,(H2,15,19). The summed E-state index contributed by atoms with van der Waals surface area (Å²) in [7, 11) is 0. The number of nitrogens with two attached hydrogens (primary N) is 1. The van der Waals surface area contributed by atoms with Crippen molar-refractivity contribution in [3.63, 3.8) is 0 Å². The van der Waals surface area contributed by atoms with Gasteiger partial charge >= 0.3 is 0 Å². The van der Waals surface area contributed by atoms with Crippen LogP contribution in [0.3, 0.4) is 0 Å². The van der Waals surface area contributed by atoms with Gasteiger partial charge in [0.05, 0.1) is 5.41 Å². The number of carbonyl (C=O) groups is 1. The van der Waals surface area contributed by atoms with E-state index >= 15 is 0 Å². The molecule has 0 saturated carbocycles. The molecule has 108 valence electrons. The topological polar surface area (TPSA) is 79.2 Å². The molecule has 3 heterocycles. The van der Waals surface area contributed by atoms with Crippen molar-refractivity contribution < 1.29 is 4.79 Å². The predicted molar refractivity (Wildman–Crippen MR) is 74.6 cm³/mol. The van der Waals surface area contributed by atoms with Gasteiger partial charge in [-0.15, -0.1) is 0 Å². The molecule has 5 nitrogen and oxygen atoms in total. The van der Waals surface area contributed by atoms with Crippen molar-refractivity contribution in [3.8, 4) is 0 Å². The van der Waals surface area contributed by atoms with Crippen molar-refractivity contribution in [2.75, 3.05) is 39.3 Å². The van der Waals surface area contributed by atoms with Crippen LogP contribution in [0.25, 0.3) is 0 Å². The molecule has 1 amide bonds. The Labute approximate surface area is 115 Å². The van der Waals surface area contributed by atoms with Crippen molar-refractivity contribution in [1.82, 2.24) is 16.0 Å². The van der Waals surface area contributed by atoms with Crippen LogP contribution in [0, 0.1) is 23.2 Å². The highest BCUT2D eigenvalue weighted by Crippen LogP contribution is 2.49. The van der Waals surface area contributed by atoms with Crippen LogP contribution in [0.15, 0.2) is 0 Å². The summed E-state index contributed by atoms with van der Waals surface area (Å²) < 4.78 is 0. The summed E-state index contributed by atoms with van der Waals surface area (Å²) in [5.41, 5.74) is 5.68. The number of rotatable bonds is 4. The third-order valence-electron chi connectivity index (χ3n) is 5.63. The SMILES string of the molecule is NC(=O)C(C1CCNC1)(C1CCNC1)C1CCNC1. The van der Waals surface area contributed by atoms with Crippen LogP contribution < -0.4 is 21.7 Å². The molecule has 3 rings (SSSR count). The molecule has 3 saturated heterocycles. The average Bonchev–Trinajstić information content (AvgIpc) is 3.15. The molecule has 3 fully saturated rings. The predicted octanol–water partition coefficient (Wildman–Crippen LogP) is -0.713. The summed E-state index contributed by atoms with van der Waals surface area (Å²) in [5, 5.41) is 10.3. The number of amides is 1. The number of hydrogen-bond donors (Lipinski definition) is 4. The summed E-state index contributed by atoms with van der Waals surface area (Å²) in [6.45, 7) is 5.95. The van der Waals surface area contributed by atoms with Crippen molar-refractivity contribution >= 4 is 5.91 Å². The zero-order valence-electron chi connectivity index (χ0n) is 11.6. The molecule has 0 aromatic carbocycles. The summed E-state index contributed by atoms with van der Waals surface area (Å²) in [6.07, 6.45) is 3.28. The molecule has 5 heteroatoms. The molecule has 3 atom stereocenters. The second-order valence-corrected chi connectivity index (χ2v) is 6.37. The van der Waals surface area contributed by atoms with Gasteiger partial charge < -0.3 is 21.7 Å². The van der Waals surface area contributed by atoms with E-state index in [2.05, 4.69) is 16.0 Å². The van der Waals surface area contributed by atoms with Gasteiger partial charge in [-0.25, -0.2) is 0 Å². The molecule has 0 aromatic rings. The molecule has 3 aliphatic rings. The zero-order chi connectivity index (χ0) is 13.3. The van der Waals surface area contributed by atoms with Crippen LogP contribution in [0.5, 0.6) is 0 Å². The molecular weight excluding hydrogens is 240 g/mol. The first-order valence-electron chi connectivity index (χ1n) is 7.68. The fraction of sp³-hybridized carbons (Fsp3) is 0.929. The molecule has 0 aliphatic carbocycles. The van der Waals surface area contributed by atoms with E-state index in [1.807, 2.05) is 0 Å². The van der Waals surface area contributed by atoms with Crippen LogP contribution >= 0.6 is 0 Å². The van der Waals surface area contributed by atoms with Crippen LogP contribution in [0.4, 0.5) is 0 Å². The van der Waals surface area contributed by atoms with Gasteiger partial charge in [0.2, 0.25) is 5.91 Å². The van der Waals surface area contributed by atoms with Gasteiger partial charge in [-0.2, -0.15) is 0 Å². The largest absolute Gasteiger partial charge is 0.369 e. The summed E-state index contributed by atoms with van der Waals surface area (Å²) in [5.74, 6) is 1.20. The first kappa shape index (κ1) is 13.3. The van der Waals surface area contributed by atoms with E-state index in [-0.39, 0.29) is 11.3 Å². The zero-order valence-corrected chi connectivity index (χ0v) is 11.6. The summed E-state index contributed by atoms with van der Waals surface area (Å²) in [6, 6.07) is 0. The van der Waals surface area contributed by atoms with E-state index in [4.69, 9.17) is 5.73 Å². The molecule has 3 aliphatic heterocycles. The Morgan fingerprint density at radius 2 is 1.21 bits per heavy atom. The molecular formula is C14H26N4O. The Morgan fingerprint density at radius 3 is 1.42 bits per heavy atom. The van der Waals surface area contributed by atoms with Crippen LogP contribution in [-0.2, 0) is 4.79 Å². The fourth-order valence-electron chi connectivity index (χ4n) is 4.79. The normalized spacial score (nSPS) is 38.4. The molecule has 0 bridgehead atoms. The van der Waals surface area contributed by atoms with E-state index in [0.29, 0.717) is 17.8 Å². The van der Waals surface area contributed by atoms with E-state index < -0.39 is 0 Å². The first-order valence-corrected chi connectivity index (χ1v) is 7.68. The lowest BCUT2D eigenvalue weighted by molar-refractivity contribution is -0.139. The van der Waals surface area contributed by atoms with Gasteiger partial charge in [-0.1, -0.05) is 0 Å². The Kier molecular flexibility index (Phi) is 3.78. The van der Waals surface area contributed by atoms with Crippen LogP contribution in [0.2, 0.25) is 0 Å². The molecule has 5 N–H and O–H groups in total. The molecule has 0 spiro atoms. The maximum Gasteiger partial charge on any atom is 0.224 e. The van der Waals surface area contributed by atoms with Crippen molar-refractivity contribution in [1.29, 1.82) is 0 Å². The van der Waals surface area contributed by atoms with Crippen LogP contribution in [0.1, 0.15) is 19.3 Å². The number of carbonyl (C=O) groups excluding carboxylic acids is 1. The van der Waals surface area contributed by atoms with Crippen molar-refractivity contribution in [2.45, 2.75) is 19.3 Å². The third-order valence-corrected chi connectivity index (χ3v) is 5.63. The lowest BCUT2D eigenvalue weighted by atomic mass is 9.57. The Bertz CT molecular complexity index is 288. The number of primary amides is 1. The molecule has 0 radical (unpaired) electrons. The fourth-order valence-corrected chi connectivity index (χ4v) is 4.79. The minimum atomic E-state index is -0.309. The molecule has 0 aromatic heterocycles. The van der Waals surface area contributed by atoms with Gasteiger partial charge in [-0.3, -0.25) is 4.79 Å². The highest BCUT2D eigenvalue weighted by atomic mass is 16.1. The minimum absolute atomic E-state index is 0.0522. The second-order valence-electron chi connectivity index (χ2n) is 6.37. The van der Waals surface area contributed by atoms with E-state index in [1.54, 1.807) is 0 Å². The summed E-state index contributed by atoms with van der Waals surface area (Å²) >= 11 is 0. The van der Waals surface area contributed by atoms with Gasteiger partial charge in [0.15, 0.2) is 0 Å². The Morgan fingerprint density at radius 1 is 0.842 bits per heavy atom. The monoisotopic (exact) mass is 266 g/mol. The maximum atomic E-state index is 12.5. The summed E-state index contributed by atoms with van der Waals surface area (Å²) in [4.78, 5) is 12.5. The van der Waals surface area contributed by atoms with Gasteiger partial charge in [-0.05, 0) is 76.3 Å². The van der Waals surface area contributed by atoms with Gasteiger partial charge in [0.25, 0.3) is 0 Å². The lowest BCUT2D eigenvalue weighted by Gasteiger charge is -2.45. The van der Waals surface area contributed by atoms with Gasteiger partial charge in [0.1, 0.15) is 0 Å². The smallest absolute Gasteiger partial charge is 0.224 e. The van der Waals surface area contributed by atoms with Gasteiger partial charge in [0, 0.05) is 0 Å². The first-order chi connectivity index (χ1) is 9.26. The number of hydrogen-bond acceptors (Lipinski definition) is 4. The average molecular weight is 266 g/mol. The molecule has 19 heavy (non-hydrogen) atoms. The second kappa shape index (κ2) is 5.38. The lowest BCUT2D eigenvalue weighted by Crippen LogP contribution is -2.55. The highest BCUT2D eigenvalue weighted by molar-refractivity contribution is 5.82. The Hall–Kier alpha value is -0.650. The Balaban J connectivity index is 1.96. The third kappa shape index (κ3) is 2.08. The van der Waals surface area contributed by atoms with E-state index in [0.717, 1.165) is 58.5 Å². The molecule has 3 unspecified atom stereocenters.